The number of aromatic nitrogens is 2. The second kappa shape index (κ2) is 5.37. The van der Waals surface area contributed by atoms with Crippen LogP contribution in [0.1, 0.15) is 12.5 Å². The SMILES string of the molecule is CC(N)Cc1c(Cl)cccc1-n1cc(I)cn1. The third-order valence-corrected chi connectivity index (χ3v) is 3.33. The Bertz CT molecular complexity index is 522. The van der Waals surface area contributed by atoms with Crippen LogP contribution in [0.3, 0.4) is 0 Å². The zero-order valence-electron chi connectivity index (χ0n) is 9.40. The van der Waals surface area contributed by atoms with Crippen LogP contribution in [-0.4, -0.2) is 15.8 Å². The topological polar surface area (TPSA) is 43.8 Å². The van der Waals surface area contributed by atoms with Crippen LogP contribution in [0.2, 0.25) is 5.02 Å². The number of rotatable bonds is 3. The van der Waals surface area contributed by atoms with Gasteiger partial charge in [-0.2, -0.15) is 5.10 Å². The number of nitrogens with zero attached hydrogens (tertiary/aromatic N) is 2. The van der Waals surface area contributed by atoms with Crippen LogP contribution in [0, 0.1) is 3.57 Å². The van der Waals surface area contributed by atoms with Crippen LogP contribution in [0.25, 0.3) is 5.69 Å². The fourth-order valence-electron chi connectivity index (χ4n) is 1.72. The molecule has 0 aliphatic heterocycles. The fourth-order valence-corrected chi connectivity index (χ4v) is 2.35. The number of hydrogen-bond donors (Lipinski definition) is 1. The van der Waals surface area contributed by atoms with Gasteiger partial charge < -0.3 is 5.73 Å². The summed E-state index contributed by atoms with van der Waals surface area (Å²) in [5.41, 5.74) is 7.90. The van der Waals surface area contributed by atoms with Crippen molar-refractivity contribution in [1.29, 1.82) is 0 Å². The molecule has 1 atom stereocenters. The Labute approximate surface area is 119 Å². The molecule has 0 fully saturated rings. The lowest BCUT2D eigenvalue weighted by Gasteiger charge is -2.13. The minimum atomic E-state index is 0.0725. The predicted octanol–water partition coefficient (Wildman–Crippen LogP) is 3.02. The van der Waals surface area contributed by atoms with Crippen molar-refractivity contribution in [1.82, 2.24) is 9.78 Å². The van der Waals surface area contributed by atoms with Crippen molar-refractivity contribution in [2.75, 3.05) is 0 Å². The molecule has 0 aliphatic rings. The summed E-state index contributed by atoms with van der Waals surface area (Å²) in [6.45, 7) is 1.97. The van der Waals surface area contributed by atoms with Gasteiger partial charge in [-0.05, 0) is 53.6 Å². The highest BCUT2D eigenvalue weighted by Gasteiger charge is 2.11. The second-order valence-electron chi connectivity index (χ2n) is 4.02. The third kappa shape index (κ3) is 3.00. The van der Waals surface area contributed by atoms with Crippen molar-refractivity contribution in [2.24, 2.45) is 5.73 Å². The Balaban J connectivity index is 2.49. The van der Waals surface area contributed by atoms with Gasteiger partial charge in [0.2, 0.25) is 0 Å². The van der Waals surface area contributed by atoms with Gasteiger partial charge in [0.25, 0.3) is 0 Å². The van der Waals surface area contributed by atoms with Gasteiger partial charge in [0.05, 0.1) is 15.5 Å². The van der Waals surface area contributed by atoms with Gasteiger partial charge in [0.1, 0.15) is 0 Å². The van der Waals surface area contributed by atoms with E-state index in [0.29, 0.717) is 0 Å². The van der Waals surface area contributed by atoms with E-state index >= 15 is 0 Å². The van der Waals surface area contributed by atoms with E-state index in [1.807, 2.05) is 42.2 Å². The second-order valence-corrected chi connectivity index (χ2v) is 5.67. The molecule has 5 heteroatoms. The van der Waals surface area contributed by atoms with E-state index in [1.54, 1.807) is 0 Å². The summed E-state index contributed by atoms with van der Waals surface area (Å²) in [5, 5.41) is 5.05. The molecule has 1 aromatic heterocycles. The smallest absolute Gasteiger partial charge is 0.0693 e. The molecule has 2 aromatic rings. The predicted molar refractivity (Wildman–Crippen MR) is 78.6 cm³/mol. The highest BCUT2D eigenvalue weighted by molar-refractivity contribution is 14.1. The van der Waals surface area contributed by atoms with Gasteiger partial charge in [0.15, 0.2) is 0 Å². The summed E-state index contributed by atoms with van der Waals surface area (Å²) < 4.78 is 2.93. The van der Waals surface area contributed by atoms with E-state index in [1.165, 1.54) is 0 Å². The van der Waals surface area contributed by atoms with E-state index < -0.39 is 0 Å². The average Bonchev–Trinajstić information content (AvgIpc) is 2.67. The number of benzene rings is 1. The minimum absolute atomic E-state index is 0.0725. The van der Waals surface area contributed by atoms with Crippen molar-refractivity contribution in [3.05, 3.63) is 44.7 Å². The molecule has 17 heavy (non-hydrogen) atoms. The van der Waals surface area contributed by atoms with Gasteiger partial charge in [-0.1, -0.05) is 17.7 Å². The van der Waals surface area contributed by atoms with Crippen LogP contribution in [-0.2, 0) is 6.42 Å². The Hall–Kier alpha value is -0.590. The Morgan fingerprint density at radius 1 is 1.53 bits per heavy atom. The fraction of sp³-hybridized carbons (Fsp3) is 0.250. The molecule has 1 unspecified atom stereocenters. The first-order valence-corrected chi connectivity index (χ1v) is 6.77. The molecule has 0 aliphatic carbocycles. The molecular formula is C12H13ClIN3. The first kappa shape index (κ1) is 12.9. The van der Waals surface area contributed by atoms with Crippen molar-refractivity contribution in [2.45, 2.75) is 19.4 Å². The molecule has 1 heterocycles. The van der Waals surface area contributed by atoms with Gasteiger partial charge in [-0.3, -0.25) is 0 Å². The summed E-state index contributed by atoms with van der Waals surface area (Å²) in [7, 11) is 0. The lowest BCUT2D eigenvalue weighted by atomic mass is 10.1. The van der Waals surface area contributed by atoms with Crippen molar-refractivity contribution < 1.29 is 0 Å². The minimum Gasteiger partial charge on any atom is -0.328 e. The summed E-state index contributed by atoms with van der Waals surface area (Å²) in [4.78, 5) is 0. The quantitative estimate of drug-likeness (QED) is 0.854. The summed E-state index contributed by atoms with van der Waals surface area (Å²) >= 11 is 8.46. The van der Waals surface area contributed by atoms with Gasteiger partial charge in [-0.15, -0.1) is 0 Å². The van der Waals surface area contributed by atoms with Crippen LogP contribution in [0.15, 0.2) is 30.6 Å². The normalized spacial score (nSPS) is 12.7. The Morgan fingerprint density at radius 2 is 2.29 bits per heavy atom. The molecule has 0 saturated carbocycles. The van der Waals surface area contributed by atoms with Crippen molar-refractivity contribution in [3.8, 4) is 5.69 Å². The maximum atomic E-state index is 6.23. The Morgan fingerprint density at radius 3 is 2.88 bits per heavy atom. The molecule has 0 radical (unpaired) electrons. The maximum absolute atomic E-state index is 6.23. The molecule has 0 saturated heterocycles. The van der Waals surface area contributed by atoms with Gasteiger partial charge in [0, 0.05) is 17.3 Å². The van der Waals surface area contributed by atoms with E-state index in [0.717, 1.165) is 26.3 Å². The number of nitrogens with two attached hydrogens (primary N) is 1. The monoisotopic (exact) mass is 361 g/mol. The van der Waals surface area contributed by atoms with E-state index in [-0.39, 0.29) is 6.04 Å². The molecule has 1 aromatic carbocycles. The maximum Gasteiger partial charge on any atom is 0.0693 e. The standard InChI is InChI=1S/C12H13ClIN3/c1-8(15)5-10-11(13)3-2-4-12(10)17-7-9(14)6-16-17/h2-4,6-8H,5,15H2,1H3. The molecule has 90 valence electrons. The Kier molecular flexibility index (Phi) is 4.06. The lowest BCUT2D eigenvalue weighted by Crippen LogP contribution is -2.19. The van der Waals surface area contributed by atoms with Crippen LogP contribution in [0.4, 0.5) is 0 Å². The van der Waals surface area contributed by atoms with E-state index in [9.17, 15) is 0 Å². The lowest BCUT2D eigenvalue weighted by molar-refractivity contribution is 0.727. The number of hydrogen-bond acceptors (Lipinski definition) is 2. The zero-order valence-corrected chi connectivity index (χ0v) is 12.3. The zero-order chi connectivity index (χ0) is 12.4. The first-order chi connectivity index (χ1) is 8.08. The third-order valence-electron chi connectivity index (χ3n) is 2.42. The molecule has 3 nitrogen and oxygen atoms in total. The molecular weight excluding hydrogens is 349 g/mol. The van der Waals surface area contributed by atoms with Gasteiger partial charge >= 0.3 is 0 Å². The van der Waals surface area contributed by atoms with Crippen LogP contribution in [0.5, 0.6) is 0 Å². The van der Waals surface area contributed by atoms with Crippen LogP contribution < -0.4 is 5.73 Å². The van der Waals surface area contributed by atoms with E-state index in [4.69, 9.17) is 17.3 Å². The van der Waals surface area contributed by atoms with Gasteiger partial charge in [-0.25, -0.2) is 4.68 Å². The summed E-state index contributed by atoms with van der Waals surface area (Å²) in [5.74, 6) is 0. The summed E-state index contributed by atoms with van der Waals surface area (Å²) in [6, 6.07) is 5.89. The first-order valence-electron chi connectivity index (χ1n) is 5.31. The largest absolute Gasteiger partial charge is 0.328 e. The highest BCUT2D eigenvalue weighted by atomic mass is 127. The molecule has 2 N–H and O–H groups in total. The molecule has 0 bridgehead atoms. The van der Waals surface area contributed by atoms with Crippen molar-refractivity contribution >= 4 is 34.2 Å². The molecule has 2 rings (SSSR count). The van der Waals surface area contributed by atoms with Crippen LogP contribution >= 0.6 is 34.2 Å². The summed E-state index contributed by atoms with van der Waals surface area (Å²) in [6.07, 6.45) is 4.53. The van der Waals surface area contributed by atoms with E-state index in [2.05, 4.69) is 27.7 Å². The molecule has 0 amide bonds. The molecule has 0 spiro atoms. The average molecular weight is 362 g/mol. The highest BCUT2D eigenvalue weighted by Crippen LogP contribution is 2.24. The van der Waals surface area contributed by atoms with Crippen molar-refractivity contribution in [3.63, 3.8) is 0 Å². The number of halogens is 2.